The second-order valence-corrected chi connectivity index (χ2v) is 3.97. The number of fused-ring (bicyclic) bond motifs is 1. The fourth-order valence-corrected chi connectivity index (χ4v) is 1.74. The lowest BCUT2D eigenvalue weighted by Gasteiger charge is -2.07. The van der Waals surface area contributed by atoms with Gasteiger partial charge in [0.2, 0.25) is 0 Å². The Morgan fingerprint density at radius 2 is 1.83 bits per heavy atom. The average molecular weight is 245 g/mol. The van der Waals surface area contributed by atoms with Gasteiger partial charge in [-0.25, -0.2) is 0 Å². The van der Waals surface area contributed by atoms with Crippen LogP contribution in [0.4, 0.5) is 0 Å². The van der Waals surface area contributed by atoms with Gasteiger partial charge in [0.15, 0.2) is 5.92 Å². The van der Waals surface area contributed by atoms with E-state index >= 15 is 0 Å². The van der Waals surface area contributed by atoms with Gasteiger partial charge in [0.05, 0.1) is 5.52 Å². The SMILES string of the molecule is O=C(O)C(Cc1cnc2ccccc2c1)C(=O)O. The summed E-state index contributed by atoms with van der Waals surface area (Å²) in [4.78, 5) is 25.8. The van der Waals surface area contributed by atoms with Gasteiger partial charge in [-0.2, -0.15) is 0 Å². The second kappa shape index (κ2) is 4.83. The molecule has 5 nitrogen and oxygen atoms in total. The van der Waals surface area contributed by atoms with Gasteiger partial charge in [0, 0.05) is 11.6 Å². The predicted octanol–water partition coefficient (Wildman–Crippen LogP) is 1.56. The molecule has 0 saturated heterocycles. The maximum absolute atomic E-state index is 10.8. The van der Waals surface area contributed by atoms with Crippen LogP contribution in [-0.2, 0) is 16.0 Å². The summed E-state index contributed by atoms with van der Waals surface area (Å²) < 4.78 is 0. The summed E-state index contributed by atoms with van der Waals surface area (Å²) in [7, 11) is 0. The van der Waals surface area contributed by atoms with Gasteiger partial charge in [0.1, 0.15) is 0 Å². The molecule has 0 atom stereocenters. The van der Waals surface area contributed by atoms with Gasteiger partial charge in [-0.1, -0.05) is 18.2 Å². The number of hydrogen-bond donors (Lipinski definition) is 2. The highest BCUT2D eigenvalue weighted by Crippen LogP contribution is 2.16. The molecule has 2 N–H and O–H groups in total. The molecule has 0 bridgehead atoms. The molecular formula is C13H11NO4. The van der Waals surface area contributed by atoms with E-state index in [4.69, 9.17) is 10.2 Å². The minimum absolute atomic E-state index is 0.0670. The number of hydrogen-bond acceptors (Lipinski definition) is 3. The maximum atomic E-state index is 10.8. The van der Waals surface area contributed by atoms with E-state index in [9.17, 15) is 9.59 Å². The van der Waals surface area contributed by atoms with E-state index in [0.717, 1.165) is 10.9 Å². The van der Waals surface area contributed by atoms with Crippen molar-refractivity contribution in [3.8, 4) is 0 Å². The molecule has 0 aliphatic carbocycles. The molecule has 1 aromatic carbocycles. The van der Waals surface area contributed by atoms with Crippen LogP contribution in [0.1, 0.15) is 5.56 Å². The highest BCUT2D eigenvalue weighted by molar-refractivity contribution is 5.93. The fraction of sp³-hybridized carbons (Fsp3) is 0.154. The minimum atomic E-state index is -1.44. The summed E-state index contributed by atoms with van der Waals surface area (Å²) in [6.45, 7) is 0. The van der Waals surface area contributed by atoms with E-state index in [1.54, 1.807) is 6.07 Å². The maximum Gasteiger partial charge on any atom is 0.318 e. The van der Waals surface area contributed by atoms with Gasteiger partial charge in [-0.3, -0.25) is 14.6 Å². The zero-order valence-corrected chi connectivity index (χ0v) is 9.41. The van der Waals surface area contributed by atoms with Crippen LogP contribution in [0.25, 0.3) is 10.9 Å². The molecule has 2 rings (SSSR count). The van der Waals surface area contributed by atoms with Gasteiger partial charge in [-0.05, 0) is 24.1 Å². The molecule has 0 unspecified atom stereocenters. The number of carbonyl (C=O) groups is 2. The third kappa shape index (κ3) is 2.45. The van der Waals surface area contributed by atoms with E-state index in [0.29, 0.717) is 5.56 Å². The summed E-state index contributed by atoms with van der Waals surface area (Å²) in [6.07, 6.45) is 1.45. The smallest absolute Gasteiger partial charge is 0.318 e. The second-order valence-electron chi connectivity index (χ2n) is 3.97. The normalized spacial score (nSPS) is 10.7. The molecule has 2 aromatic rings. The largest absolute Gasteiger partial charge is 0.481 e. The van der Waals surface area contributed by atoms with E-state index < -0.39 is 17.9 Å². The lowest BCUT2D eigenvalue weighted by molar-refractivity contribution is -0.154. The lowest BCUT2D eigenvalue weighted by atomic mass is 10.00. The van der Waals surface area contributed by atoms with Crippen molar-refractivity contribution in [1.82, 2.24) is 4.98 Å². The van der Waals surface area contributed by atoms with Crippen LogP contribution in [0.15, 0.2) is 36.5 Å². The highest BCUT2D eigenvalue weighted by atomic mass is 16.4. The Morgan fingerprint density at radius 3 is 2.50 bits per heavy atom. The molecule has 0 aliphatic rings. The summed E-state index contributed by atoms with van der Waals surface area (Å²) >= 11 is 0. The number of pyridine rings is 1. The van der Waals surface area contributed by atoms with Crippen molar-refractivity contribution >= 4 is 22.8 Å². The van der Waals surface area contributed by atoms with Crippen molar-refractivity contribution in [3.63, 3.8) is 0 Å². The Balaban J connectivity index is 2.31. The molecule has 18 heavy (non-hydrogen) atoms. The predicted molar refractivity (Wildman–Crippen MR) is 64.2 cm³/mol. The van der Waals surface area contributed by atoms with E-state index in [1.165, 1.54) is 6.20 Å². The Bertz CT molecular complexity index is 595. The zero-order chi connectivity index (χ0) is 13.1. The van der Waals surface area contributed by atoms with Crippen molar-refractivity contribution in [2.75, 3.05) is 0 Å². The van der Waals surface area contributed by atoms with Crippen molar-refractivity contribution in [2.24, 2.45) is 5.92 Å². The topological polar surface area (TPSA) is 87.5 Å². The summed E-state index contributed by atoms with van der Waals surface area (Å²) in [5.74, 6) is -4.11. The Morgan fingerprint density at radius 1 is 1.17 bits per heavy atom. The van der Waals surface area contributed by atoms with Crippen molar-refractivity contribution in [3.05, 3.63) is 42.1 Å². The Kier molecular flexibility index (Phi) is 3.23. The van der Waals surface area contributed by atoms with E-state index in [2.05, 4.69) is 4.98 Å². The van der Waals surface area contributed by atoms with Crippen LogP contribution in [0.2, 0.25) is 0 Å². The average Bonchev–Trinajstić information content (AvgIpc) is 2.35. The first-order valence-electron chi connectivity index (χ1n) is 5.37. The molecule has 5 heteroatoms. The number of nitrogens with zero attached hydrogens (tertiary/aromatic N) is 1. The minimum Gasteiger partial charge on any atom is -0.481 e. The molecule has 0 saturated carbocycles. The summed E-state index contributed by atoms with van der Waals surface area (Å²) in [6, 6.07) is 9.15. The fourth-order valence-electron chi connectivity index (χ4n) is 1.74. The van der Waals surface area contributed by atoms with Crippen molar-refractivity contribution in [2.45, 2.75) is 6.42 Å². The first-order chi connectivity index (χ1) is 8.58. The third-order valence-corrected chi connectivity index (χ3v) is 2.68. The number of benzene rings is 1. The zero-order valence-electron chi connectivity index (χ0n) is 9.41. The highest BCUT2D eigenvalue weighted by Gasteiger charge is 2.26. The van der Waals surface area contributed by atoms with Gasteiger partial charge < -0.3 is 10.2 Å². The van der Waals surface area contributed by atoms with Crippen LogP contribution in [0.3, 0.4) is 0 Å². The molecule has 0 aliphatic heterocycles. The number of carboxylic acid groups (broad SMARTS) is 2. The van der Waals surface area contributed by atoms with Crippen LogP contribution in [0.5, 0.6) is 0 Å². The molecule has 92 valence electrons. The van der Waals surface area contributed by atoms with Crippen LogP contribution in [0, 0.1) is 5.92 Å². The molecule has 0 spiro atoms. The molecule has 1 heterocycles. The summed E-state index contributed by atoms with van der Waals surface area (Å²) in [5, 5.41) is 18.5. The molecular weight excluding hydrogens is 234 g/mol. The third-order valence-electron chi connectivity index (χ3n) is 2.68. The first-order valence-corrected chi connectivity index (χ1v) is 5.37. The molecule has 1 aromatic heterocycles. The first kappa shape index (κ1) is 12.0. The molecule has 0 radical (unpaired) electrons. The number of aromatic nitrogens is 1. The molecule has 0 fully saturated rings. The van der Waals surface area contributed by atoms with E-state index in [-0.39, 0.29) is 6.42 Å². The Labute approximate surface area is 103 Å². The quantitative estimate of drug-likeness (QED) is 0.798. The number of aliphatic carboxylic acids is 2. The summed E-state index contributed by atoms with van der Waals surface area (Å²) in [5.41, 5.74) is 1.40. The van der Waals surface area contributed by atoms with E-state index in [1.807, 2.05) is 24.3 Å². The van der Waals surface area contributed by atoms with Crippen molar-refractivity contribution in [1.29, 1.82) is 0 Å². The lowest BCUT2D eigenvalue weighted by Crippen LogP contribution is -2.25. The number of carboxylic acids is 2. The van der Waals surface area contributed by atoms with Crippen LogP contribution in [-0.4, -0.2) is 27.1 Å². The van der Waals surface area contributed by atoms with Crippen molar-refractivity contribution < 1.29 is 19.8 Å². The molecule has 0 amide bonds. The van der Waals surface area contributed by atoms with Crippen LogP contribution >= 0.6 is 0 Å². The standard InChI is InChI=1S/C13H11NO4/c15-12(16)10(13(17)18)6-8-5-9-3-1-2-4-11(9)14-7-8/h1-5,7,10H,6H2,(H,15,16)(H,17,18). The number of para-hydroxylation sites is 1. The van der Waals surface area contributed by atoms with Gasteiger partial charge in [0.25, 0.3) is 0 Å². The van der Waals surface area contributed by atoms with Gasteiger partial charge in [-0.15, -0.1) is 0 Å². The van der Waals surface area contributed by atoms with Crippen LogP contribution < -0.4 is 0 Å². The monoisotopic (exact) mass is 245 g/mol. The number of rotatable bonds is 4. The van der Waals surface area contributed by atoms with Gasteiger partial charge >= 0.3 is 11.9 Å². The Hall–Kier alpha value is -2.43.